The highest BCUT2D eigenvalue weighted by Gasteiger charge is 2.34. The zero-order valence-electron chi connectivity index (χ0n) is 19.6. The molecule has 31 heavy (non-hydrogen) atoms. The van der Waals surface area contributed by atoms with E-state index in [2.05, 4.69) is 15.5 Å². The quantitative estimate of drug-likeness (QED) is 0.346. The van der Waals surface area contributed by atoms with Crippen molar-refractivity contribution in [2.24, 2.45) is 11.8 Å². The molecule has 0 radical (unpaired) electrons. The van der Waals surface area contributed by atoms with E-state index in [0.717, 1.165) is 50.3 Å². The molecule has 1 aliphatic rings. The molecule has 9 heteroatoms. The van der Waals surface area contributed by atoms with Crippen LogP contribution < -0.4 is 5.32 Å². The molecule has 1 heterocycles. The molecular weight excluding hydrogens is 416 g/mol. The second kappa shape index (κ2) is 11.1. The molecule has 2 amide bonds. The maximum Gasteiger partial charge on any atom is 0.286 e. The third-order valence-electron chi connectivity index (χ3n) is 5.45. The van der Waals surface area contributed by atoms with Crippen molar-refractivity contribution < 1.29 is 18.8 Å². The number of Topliss-reactive ketones (excluding diaryl/α,β-unsaturated/α-hetero) is 1. The van der Waals surface area contributed by atoms with Gasteiger partial charge in [-0.25, -0.2) is 0 Å². The highest BCUT2D eigenvalue weighted by atomic mass is 32.2. The van der Waals surface area contributed by atoms with Crippen LogP contribution in [-0.2, 0) is 9.59 Å². The zero-order chi connectivity index (χ0) is 23.2. The van der Waals surface area contributed by atoms with Crippen molar-refractivity contribution in [1.29, 1.82) is 0 Å². The smallest absolute Gasteiger partial charge is 0.286 e. The number of thioether (sulfide) groups is 1. The van der Waals surface area contributed by atoms with Crippen molar-refractivity contribution in [2.75, 3.05) is 14.1 Å². The summed E-state index contributed by atoms with van der Waals surface area (Å²) in [6.45, 7) is 7.53. The number of nitrogens with zero attached hydrogens (tertiary/aromatic N) is 3. The standard InChI is InChI=1S/C22H36N4O4S/c1-14(2)13-16(23-18(28)15-11-9-7-8-10-12-15)17(27)19-24-25-21(30-19)31-22(3,4)20(29)26(5)6/h14-16H,7-13H2,1-6H3,(H,23,28)/t16-/m0/s1. The monoisotopic (exact) mass is 452 g/mol. The van der Waals surface area contributed by atoms with E-state index in [1.807, 2.05) is 13.8 Å². The highest BCUT2D eigenvalue weighted by Crippen LogP contribution is 2.33. The summed E-state index contributed by atoms with van der Waals surface area (Å²) in [7, 11) is 3.36. The fourth-order valence-corrected chi connectivity index (χ4v) is 4.74. The molecule has 1 N–H and O–H groups in total. The first-order valence-electron chi connectivity index (χ1n) is 11.1. The minimum Gasteiger partial charge on any atom is -0.408 e. The number of carbonyl (C=O) groups is 3. The predicted molar refractivity (Wildman–Crippen MR) is 120 cm³/mol. The lowest BCUT2D eigenvalue weighted by molar-refractivity contribution is -0.130. The van der Waals surface area contributed by atoms with Crippen LogP contribution >= 0.6 is 11.8 Å². The first-order chi connectivity index (χ1) is 14.5. The third kappa shape index (κ3) is 7.33. The van der Waals surface area contributed by atoms with Gasteiger partial charge in [-0.05, 0) is 50.8 Å². The lowest BCUT2D eigenvalue weighted by Gasteiger charge is -2.24. The summed E-state index contributed by atoms with van der Waals surface area (Å²) in [5.74, 6) is -0.521. The zero-order valence-corrected chi connectivity index (χ0v) is 20.4. The summed E-state index contributed by atoms with van der Waals surface area (Å²) in [4.78, 5) is 39.8. The molecule has 0 saturated heterocycles. The summed E-state index contributed by atoms with van der Waals surface area (Å²) in [6, 6.07) is -0.703. The molecule has 174 valence electrons. The average molecular weight is 453 g/mol. The van der Waals surface area contributed by atoms with Gasteiger partial charge in [-0.2, -0.15) is 0 Å². The van der Waals surface area contributed by atoms with Crippen molar-refractivity contribution in [3.05, 3.63) is 5.89 Å². The summed E-state index contributed by atoms with van der Waals surface area (Å²) < 4.78 is 4.77. The number of carbonyl (C=O) groups excluding carboxylic acids is 3. The number of aromatic nitrogens is 2. The molecule has 1 aromatic heterocycles. The Hall–Kier alpha value is -1.90. The van der Waals surface area contributed by atoms with E-state index < -0.39 is 10.8 Å². The van der Waals surface area contributed by atoms with Crippen LogP contribution in [0.4, 0.5) is 0 Å². The second-order valence-electron chi connectivity index (χ2n) is 9.43. The molecule has 0 spiro atoms. The Morgan fingerprint density at radius 1 is 1.13 bits per heavy atom. The summed E-state index contributed by atoms with van der Waals surface area (Å²) in [6.07, 6.45) is 6.64. The number of hydrogen-bond acceptors (Lipinski definition) is 7. The van der Waals surface area contributed by atoms with Crippen molar-refractivity contribution >= 4 is 29.4 Å². The number of hydrogen-bond donors (Lipinski definition) is 1. The van der Waals surface area contributed by atoms with Crippen LogP contribution in [0.25, 0.3) is 0 Å². The number of nitrogens with one attached hydrogen (secondary N) is 1. The van der Waals surface area contributed by atoms with E-state index in [1.165, 1.54) is 4.90 Å². The Morgan fingerprint density at radius 3 is 2.29 bits per heavy atom. The van der Waals surface area contributed by atoms with Gasteiger partial charge in [0.15, 0.2) is 0 Å². The third-order valence-corrected chi connectivity index (χ3v) is 6.47. The Morgan fingerprint density at radius 2 is 1.74 bits per heavy atom. The van der Waals surface area contributed by atoms with Gasteiger partial charge in [0.2, 0.25) is 17.6 Å². The van der Waals surface area contributed by atoms with Gasteiger partial charge >= 0.3 is 0 Å². The van der Waals surface area contributed by atoms with Gasteiger partial charge < -0.3 is 14.6 Å². The van der Waals surface area contributed by atoms with Gasteiger partial charge in [0, 0.05) is 20.0 Å². The number of rotatable bonds is 9. The molecule has 0 aliphatic heterocycles. The SMILES string of the molecule is CC(C)C[C@H](NC(=O)C1CCCCCC1)C(=O)c1nnc(SC(C)(C)C(=O)N(C)C)o1. The fourth-order valence-electron chi connectivity index (χ4n) is 3.83. The van der Waals surface area contributed by atoms with Crippen LogP contribution in [0.2, 0.25) is 0 Å². The largest absolute Gasteiger partial charge is 0.408 e. The number of ketones is 1. The predicted octanol–water partition coefficient (Wildman–Crippen LogP) is 3.71. The van der Waals surface area contributed by atoms with Gasteiger partial charge in [0.05, 0.1) is 10.8 Å². The van der Waals surface area contributed by atoms with Gasteiger partial charge in [0.1, 0.15) is 0 Å². The summed E-state index contributed by atoms with van der Waals surface area (Å²) in [5, 5.41) is 11.0. The fraction of sp³-hybridized carbons (Fsp3) is 0.773. The van der Waals surface area contributed by atoms with Crippen molar-refractivity contribution in [2.45, 2.75) is 88.7 Å². The average Bonchev–Trinajstić information content (AvgIpc) is 2.96. The molecule has 1 fully saturated rings. The van der Waals surface area contributed by atoms with E-state index >= 15 is 0 Å². The molecule has 1 aliphatic carbocycles. The molecule has 1 aromatic rings. The maximum atomic E-state index is 13.1. The minimum atomic E-state index is -0.818. The molecule has 8 nitrogen and oxygen atoms in total. The Balaban J connectivity index is 2.11. The Bertz CT molecular complexity index is 767. The normalized spacial score (nSPS) is 16.6. The lowest BCUT2D eigenvalue weighted by atomic mass is 9.96. The molecule has 2 rings (SSSR count). The first-order valence-corrected chi connectivity index (χ1v) is 11.9. The molecule has 1 saturated carbocycles. The lowest BCUT2D eigenvalue weighted by Crippen LogP contribution is -2.44. The summed E-state index contributed by atoms with van der Waals surface area (Å²) >= 11 is 1.11. The van der Waals surface area contributed by atoms with Crippen LogP contribution in [0.15, 0.2) is 9.64 Å². The first kappa shape index (κ1) is 25.4. The van der Waals surface area contributed by atoms with Crippen LogP contribution in [0, 0.1) is 11.8 Å². The van der Waals surface area contributed by atoms with Gasteiger partial charge in [-0.1, -0.05) is 39.5 Å². The van der Waals surface area contributed by atoms with Crippen molar-refractivity contribution in [3.8, 4) is 0 Å². The Labute approximate surface area is 189 Å². The van der Waals surface area contributed by atoms with E-state index in [4.69, 9.17) is 4.42 Å². The molecule has 1 atom stereocenters. The van der Waals surface area contributed by atoms with Crippen molar-refractivity contribution in [3.63, 3.8) is 0 Å². The van der Waals surface area contributed by atoms with E-state index in [1.54, 1.807) is 27.9 Å². The van der Waals surface area contributed by atoms with Gasteiger partial charge in [-0.15, -0.1) is 10.2 Å². The molecule has 0 bridgehead atoms. The second-order valence-corrected chi connectivity index (χ2v) is 11.0. The van der Waals surface area contributed by atoms with E-state index in [-0.39, 0.29) is 40.5 Å². The minimum absolute atomic E-state index is 0.0448. The molecule has 0 unspecified atom stereocenters. The topological polar surface area (TPSA) is 105 Å². The van der Waals surface area contributed by atoms with Crippen LogP contribution in [0.5, 0.6) is 0 Å². The van der Waals surface area contributed by atoms with Crippen LogP contribution in [0.1, 0.15) is 83.3 Å². The Kier molecular flexibility index (Phi) is 9.09. The van der Waals surface area contributed by atoms with E-state index in [0.29, 0.717) is 6.42 Å². The molecular formula is C22H36N4O4S. The van der Waals surface area contributed by atoms with Crippen molar-refractivity contribution in [1.82, 2.24) is 20.4 Å². The van der Waals surface area contributed by atoms with E-state index in [9.17, 15) is 14.4 Å². The summed E-state index contributed by atoms with van der Waals surface area (Å²) in [5.41, 5.74) is 0. The van der Waals surface area contributed by atoms with Crippen LogP contribution in [-0.4, -0.2) is 57.6 Å². The number of amides is 2. The molecule has 0 aromatic carbocycles. The van der Waals surface area contributed by atoms with Gasteiger partial charge in [-0.3, -0.25) is 14.4 Å². The highest BCUT2D eigenvalue weighted by molar-refractivity contribution is 8.01. The van der Waals surface area contributed by atoms with Gasteiger partial charge in [0.25, 0.3) is 11.1 Å². The van der Waals surface area contributed by atoms with Crippen LogP contribution in [0.3, 0.4) is 0 Å². The maximum absolute atomic E-state index is 13.1.